The molecule has 1 fully saturated rings. The summed E-state index contributed by atoms with van der Waals surface area (Å²) in [6.07, 6.45) is 2.02. The van der Waals surface area contributed by atoms with Crippen LogP contribution >= 0.6 is 23.2 Å². The van der Waals surface area contributed by atoms with Crippen LogP contribution < -0.4 is 4.74 Å². The standard InChI is InChI=1S/C14H17Cl2NO2/c15-7-5-11-6-8-17(9-11)14(18)10-19-13-3-1-12(16)2-4-13/h1-4,11H,5-10H2. The number of likely N-dealkylation sites (tertiary alicyclic amines) is 1. The van der Waals surface area contributed by atoms with Crippen molar-refractivity contribution in [1.82, 2.24) is 4.90 Å². The highest BCUT2D eigenvalue weighted by atomic mass is 35.5. The lowest BCUT2D eigenvalue weighted by Gasteiger charge is -2.16. The van der Waals surface area contributed by atoms with E-state index in [4.69, 9.17) is 27.9 Å². The molecule has 5 heteroatoms. The summed E-state index contributed by atoms with van der Waals surface area (Å²) in [5, 5.41) is 0.655. The van der Waals surface area contributed by atoms with Crippen molar-refractivity contribution in [2.24, 2.45) is 5.92 Å². The van der Waals surface area contributed by atoms with Crippen molar-refractivity contribution < 1.29 is 9.53 Å². The van der Waals surface area contributed by atoms with Crippen molar-refractivity contribution in [1.29, 1.82) is 0 Å². The minimum absolute atomic E-state index is 0.0343. The zero-order valence-electron chi connectivity index (χ0n) is 10.6. The molecule has 1 aliphatic heterocycles. The van der Waals surface area contributed by atoms with Gasteiger partial charge >= 0.3 is 0 Å². The number of amides is 1. The maximum atomic E-state index is 12.0. The van der Waals surface area contributed by atoms with Gasteiger partial charge in [0, 0.05) is 24.0 Å². The molecule has 0 N–H and O–H groups in total. The van der Waals surface area contributed by atoms with Gasteiger partial charge in [-0.3, -0.25) is 4.79 Å². The summed E-state index contributed by atoms with van der Waals surface area (Å²) >= 11 is 11.5. The van der Waals surface area contributed by atoms with Crippen LogP contribution in [0.5, 0.6) is 5.75 Å². The summed E-state index contributed by atoms with van der Waals surface area (Å²) in [5.74, 6) is 1.90. The number of hydrogen-bond donors (Lipinski definition) is 0. The third kappa shape index (κ3) is 4.29. The molecule has 1 aromatic carbocycles. The van der Waals surface area contributed by atoms with Gasteiger partial charge in [0.15, 0.2) is 6.61 Å². The van der Waals surface area contributed by atoms with Crippen LogP contribution in [-0.4, -0.2) is 36.4 Å². The predicted octanol–water partition coefficient (Wildman–Crippen LogP) is 3.20. The van der Waals surface area contributed by atoms with E-state index in [-0.39, 0.29) is 12.5 Å². The Hall–Kier alpha value is -0.930. The molecule has 19 heavy (non-hydrogen) atoms. The van der Waals surface area contributed by atoms with E-state index in [1.54, 1.807) is 24.3 Å². The van der Waals surface area contributed by atoms with Crippen LogP contribution in [0.3, 0.4) is 0 Å². The summed E-state index contributed by atoms with van der Waals surface area (Å²) in [6, 6.07) is 7.01. The molecule has 1 aliphatic rings. The van der Waals surface area contributed by atoms with Crippen LogP contribution in [0.15, 0.2) is 24.3 Å². The second-order valence-corrected chi connectivity index (χ2v) is 5.53. The van der Waals surface area contributed by atoms with E-state index in [2.05, 4.69) is 0 Å². The highest BCUT2D eigenvalue weighted by Crippen LogP contribution is 2.20. The fraction of sp³-hybridized carbons (Fsp3) is 0.500. The van der Waals surface area contributed by atoms with E-state index in [1.807, 2.05) is 4.90 Å². The fourth-order valence-corrected chi connectivity index (χ4v) is 2.65. The van der Waals surface area contributed by atoms with Crippen LogP contribution in [0.4, 0.5) is 0 Å². The largest absolute Gasteiger partial charge is 0.484 e. The smallest absolute Gasteiger partial charge is 0.260 e. The normalized spacial score (nSPS) is 18.6. The Bertz CT molecular complexity index is 422. The first-order chi connectivity index (χ1) is 9.19. The third-order valence-corrected chi connectivity index (χ3v) is 3.80. The Morgan fingerprint density at radius 1 is 1.37 bits per heavy atom. The van der Waals surface area contributed by atoms with Gasteiger partial charge in [0.2, 0.25) is 0 Å². The first-order valence-corrected chi connectivity index (χ1v) is 7.32. The maximum absolute atomic E-state index is 12.0. The number of benzene rings is 1. The quantitative estimate of drug-likeness (QED) is 0.782. The fourth-order valence-electron chi connectivity index (χ4n) is 2.22. The van der Waals surface area contributed by atoms with Gasteiger partial charge in [-0.15, -0.1) is 11.6 Å². The number of alkyl halides is 1. The van der Waals surface area contributed by atoms with Crippen LogP contribution in [0.2, 0.25) is 5.02 Å². The van der Waals surface area contributed by atoms with Gasteiger partial charge in [-0.25, -0.2) is 0 Å². The average molecular weight is 302 g/mol. The molecule has 0 saturated carbocycles. The molecule has 0 aliphatic carbocycles. The number of halogens is 2. The Balaban J connectivity index is 1.77. The molecule has 0 bridgehead atoms. The maximum Gasteiger partial charge on any atom is 0.260 e. The van der Waals surface area contributed by atoms with Crippen molar-refractivity contribution in [3.8, 4) is 5.75 Å². The molecule has 2 rings (SSSR count). The SMILES string of the molecule is O=C(COc1ccc(Cl)cc1)N1CCC(CCCl)C1. The van der Waals surface area contributed by atoms with Crippen molar-refractivity contribution in [3.05, 3.63) is 29.3 Å². The minimum atomic E-state index is 0.0343. The number of carbonyl (C=O) groups is 1. The molecular weight excluding hydrogens is 285 g/mol. The summed E-state index contributed by atoms with van der Waals surface area (Å²) in [7, 11) is 0. The highest BCUT2D eigenvalue weighted by Gasteiger charge is 2.25. The zero-order valence-corrected chi connectivity index (χ0v) is 12.2. The Labute approximate surface area is 123 Å². The molecule has 1 saturated heterocycles. The highest BCUT2D eigenvalue weighted by molar-refractivity contribution is 6.30. The molecule has 1 aromatic rings. The molecule has 1 atom stereocenters. The predicted molar refractivity (Wildman–Crippen MR) is 77.0 cm³/mol. The van der Waals surface area contributed by atoms with Crippen molar-refractivity contribution in [2.45, 2.75) is 12.8 Å². The summed E-state index contributed by atoms with van der Waals surface area (Å²) < 4.78 is 5.45. The molecule has 0 spiro atoms. The summed E-state index contributed by atoms with van der Waals surface area (Å²) in [6.45, 7) is 1.69. The molecule has 1 unspecified atom stereocenters. The summed E-state index contributed by atoms with van der Waals surface area (Å²) in [5.41, 5.74) is 0. The number of rotatable bonds is 5. The van der Waals surface area contributed by atoms with Crippen molar-refractivity contribution >= 4 is 29.1 Å². The van der Waals surface area contributed by atoms with E-state index in [9.17, 15) is 4.79 Å². The minimum Gasteiger partial charge on any atom is -0.484 e. The van der Waals surface area contributed by atoms with E-state index in [1.165, 1.54) is 0 Å². The molecule has 1 amide bonds. The topological polar surface area (TPSA) is 29.5 Å². The van der Waals surface area contributed by atoms with Gasteiger partial charge in [0.05, 0.1) is 0 Å². The van der Waals surface area contributed by atoms with E-state index >= 15 is 0 Å². The lowest BCUT2D eigenvalue weighted by Crippen LogP contribution is -2.33. The van der Waals surface area contributed by atoms with Gasteiger partial charge in [0.25, 0.3) is 5.91 Å². The molecule has 1 heterocycles. The van der Waals surface area contributed by atoms with Crippen molar-refractivity contribution in [2.75, 3.05) is 25.6 Å². The Morgan fingerprint density at radius 2 is 2.11 bits per heavy atom. The molecule has 104 valence electrons. The van der Waals surface area contributed by atoms with Gasteiger partial charge in [-0.1, -0.05) is 11.6 Å². The number of carbonyl (C=O) groups excluding carboxylic acids is 1. The summed E-state index contributed by atoms with van der Waals surface area (Å²) in [4.78, 5) is 13.8. The molecule has 0 radical (unpaired) electrons. The van der Waals surface area contributed by atoms with E-state index in [0.717, 1.165) is 25.9 Å². The van der Waals surface area contributed by atoms with Gasteiger partial charge < -0.3 is 9.64 Å². The van der Waals surface area contributed by atoms with Crippen LogP contribution in [-0.2, 0) is 4.79 Å². The second kappa shape index (κ2) is 7.01. The van der Waals surface area contributed by atoms with Crippen LogP contribution in [0.25, 0.3) is 0 Å². The molecule has 0 aromatic heterocycles. The Kier molecular flexibility index (Phi) is 5.34. The average Bonchev–Trinajstić information content (AvgIpc) is 2.87. The number of hydrogen-bond acceptors (Lipinski definition) is 2. The number of ether oxygens (including phenoxy) is 1. The van der Waals surface area contributed by atoms with Crippen LogP contribution in [0.1, 0.15) is 12.8 Å². The first-order valence-electron chi connectivity index (χ1n) is 6.41. The van der Waals surface area contributed by atoms with Gasteiger partial charge in [-0.2, -0.15) is 0 Å². The monoisotopic (exact) mass is 301 g/mol. The Morgan fingerprint density at radius 3 is 2.79 bits per heavy atom. The van der Waals surface area contributed by atoms with E-state index < -0.39 is 0 Å². The van der Waals surface area contributed by atoms with Crippen molar-refractivity contribution in [3.63, 3.8) is 0 Å². The zero-order chi connectivity index (χ0) is 13.7. The first kappa shape index (κ1) is 14.5. The van der Waals surface area contributed by atoms with Gasteiger partial charge in [0.1, 0.15) is 5.75 Å². The molecular formula is C14H17Cl2NO2. The van der Waals surface area contributed by atoms with Crippen LogP contribution in [0, 0.1) is 5.92 Å². The second-order valence-electron chi connectivity index (χ2n) is 4.71. The lowest BCUT2D eigenvalue weighted by molar-refractivity contribution is -0.132. The van der Waals surface area contributed by atoms with Gasteiger partial charge in [-0.05, 0) is 43.0 Å². The molecule has 3 nitrogen and oxygen atoms in total. The van der Waals surface area contributed by atoms with E-state index in [0.29, 0.717) is 22.6 Å². The third-order valence-electron chi connectivity index (χ3n) is 3.33. The lowest BCUT2D eigenvalue weighted by atomic mass is 10.1. The number of nitrogens with zero attached hydrogens (tertiary/aromatic N) is 1.